The minimum absolute atomic E-state index is 0.0833. The summed E-state index contributed by atoms with van der Waals surface area (Å²) in [6.45, 7) is 1.09. The van der Waals surface area contributed by atoms with Gasteiger partial charge in [-0.1, -0.05) is 12.1 Å². The van der Waals surface area contributed by atoms with Gasteiger partial charge in [0.1, 0.15) is 5.01 Å². The molecule has 1 atom stereocenters. The van der Waals surface area contributed by atoms with Crippen molar-refractivity contribution in [2.75, 3.05) is 11.9 Å². The second-order valence-corrected chi connectivity index (χ2v) is 6.19. The Morgan fingerprint density at radius 3 is 3.19 bits per heavy atom. The Bertz CT molecular complexity index is 591. The molecule has 0 spiro atoms. The fourth-order valence-electron chi connectivity index (χ4n) is 2.63. The van der Waals surface area contributed by atoms with E-state index >= 15 is 0 Å². The van der Waals surface area contributed by atoms with Crippen LogP contribution in [0.2, 0.25) is 0 Å². The lowest BCUT2D eigenvalue weighted by molar-refractivity contribution is -0.116. The lowest BCUT2D eigenvalue weighted by Crippen LogP contribution is -2.23. The van der Waals surface area contributed by atoms with Crippen LogP contribution in [0.15, 0.2) is 35.8 Å². The number of carbonyl (C=O) groups excluding carboxylic acids is 1. The van der Waals surface area contributed by atoms with Crippen LogP contribution in [-0.2, 0) is 4.79 Å². The quantitative estimate of drug-likeness (QED) is 0.891. The van der Waals surface area contributed by atoms with Crippen LogP contribution in [0.5, 0.6) is 0 Å². The zero-order chi connectivity index (χ0) is 14.5. The molecular weight excluding hydrogens is 282 g/mol. The van der Waals surface area contributed by atoms with Crippen LogP contribution in [-0.4, -0.2) is 23.5 Å². The van der Waals surface area contributed by atoms with Gasteiger partial charge in [-0.15, -0.1) is 11.3 Å². The molecule has 21 heavy (non-hydrogen) atoms. The molecule has 1 unspecified atom stereocenters. The predicted molar refractivity (Wildman–Crippen MR) is 86.4 cm³/mol. The molecular formula is C16H19N3OS. The van der Waals surface area contributed by atoms with Crippen molar-refractivity contribution < 1.29 is 4.79 Å². The van der Waals surface area contributed by atoms with Gasteiger partial charge in [0, 0.05) is 35.3 Å². The van der Waals surface area contributed by atoms with Gasteiger partial charge < -0.3 is 10.6 Å². The Morgan fingerprint density at radius 1 is 1.48 bits per heavy atom. The fraction of sp³-hybridized carbons (Fsp3) is 0.375. The van der Waals surface area contributed by atoms with Crippen molar-refractivity contribution in [3.63, 3.8) is 0 Å². The Kier molecular flexibility index (Phi) is 4.62. The van der Waals surface area contributed by atoms with Crippen molar-refractivity contribution in [2.24, 2.45) is 0 Å². The fourth-order valence-corrected chi connectivity index (χ4v) is 3.26. The molecule has 2 N–H and O–H groups in total. The van der Waals surface area contributed by atoms with E-state index in [9.17, 15) is 4.79 Å². The third-order valence-corrected chi connectivity index (χ3v) is 4.53. The molecule has 4 nitrogen and oxygen atoms in total. The number of hydrogen-bond acceptors (Lipinski definition) is 4. The molecule has 2 aromatic rings. The number of nitrogens with zero attached hydrogens (tertiary/aromatic N) is 1. The monoisotopic (exact) mass is 301 g/mol. The molecule has 1 aliphatic heterocycles. The van der Waals surface area contributed by atoms with Crippen LogP contribution in [0.1, 0.15) is 25.7 Å². The average Bonchev–Trinajstić information content (AvgIpc) is 3.19. The van der Waals surface area contributed by atoms with E-state index in [4.69, 9.17) is 0 Å². The number of amides is 1. The highest BCUT2D eigenvalue weighted by Gasteiger charge is 2.15. The smallest absolute Gasteiger partial charge is 0.224 e. The minimum atomic E-state index is 0.0833. The van der Waals surface area contributed by atoms with Crippen molar-refractivity contribution in [3.05, 3.63) is 35.8 Å². The van der Waals surface area contributed by atoms with E-state index in [-0.39, 0.29) is 5.91 Å². The van der Waals surface area contributed by atoms with E-state index in [1.807, 2.05) is 29.6 Å². The van der Waals surface area contributed by atoms with Gasteiger partial charge in [-0.05, 0) is 37.9 Å². The molecule has 110 valence electrons. The predicted octanol–water partition coefficient (Wildman–Crippen LogP) is 3.28. The number of aromatic nitrogens is 1. The van der Waals surface area contributed by atoms with Gasteiger partial charge in [0.25, 0.3) is 0 Å². The first-order valence-corrected chi connectivity index (χ1v) is 8.22. The summed E-state index contributed by atoms with van der Waals surface area (Å²) in [5.74, 6) is 0.0833. The molecule has 0 radical (unpaired) electrons. The summed E-state index contributed by atoms with van der Waals surface area (Å²) in [5.41, 5.74) is 1.88. The van der Waals surface area contributed by atoms with Crippen LogP contribution < -0.4 is 10.6 Å². The van der Waals surface area contributed by atoms with Crippen LogP contribution in [0.4, 0.5) is 5.69 Å². The largest absolute Gasteiger partial charge is 0.326 e. The Labute approximate surface area is 128 Å². The van der Waals surface area contributed by atoms with Gasteiger partial charge in [-0.25, -0.2) is 4.98 Å². The normalized spacial score (nSPS) is 17.8. The van der Waals surface area contributed by atoms with Crippen LogP contribution >= 0.6 is 11.3 Å². The van der Waals surface area contributed by atoms with Gasteiger partial charge >= 0.3 is 0 Å². The Morgan fingerprint density at radius 2 is 2.43 bits per heavy atom. The molecule has 5 heteroatoms. The second kappa shape index (κ2) is 6.83. The summed E-state index contributed by atoms with van der Waals surface area (Å²) in [4.78, 5) is 16.3. The molecule has 1 aromatic carbocycles. The Hall–Kier alpha value is -1.72. The van der Waals surface area contributed by atoms with Crippen LogP contribution in [0.25, 0.3) is 10.6 Å². The Balaban J connectivity index is 1.56. The zero-order valence-corrected chi connectivity index (χ0v) is 12.7. The van der Waals surface area contributed by atoms with Crippen molar-refractivity contribution >= 4 is 22.9 Å². The highest BCUT2D eigenvalue weighted by atomic mass is 32.1. The zero-order valence-electron chi connectivity index (χ0n) is 11.8. The second-order valence-electron chi connectivity index (χ2n) is 5.30. The number of carbonyl (C=O) groups is 1. The maximum absolute atomic E-state index is 12.0. The van der Waals surface area contributed by atoms with Gasteiger partial charge in [-0.3, -0.25) is 4.79 Å². The third-order valence-electron chi connectivity index (χ3n) is 3.71. The minimum Gasteiger partial charge on any atom is -0.326 e. The van der Waals surface area contributed by atoms with Gasteiger partial charge in [-0.2, -0.15) is 0 Å². The molecule has 2 heterocycles. The third kappa shape index (κ3) is 3.89. The summed E-state index contributed by atoms with van der Waals surface area (Å²) in [6, 6.07) is 8.37. The van der Waals surface area contributed by atoms with E-state index in [0.717, 1.165) is 29.2 Å². The van der Waals surface area contributed by atoms with Crippen molar-refractivity contribution in [3.8, 4) is 10.6 Å². The molecule has 1 aliphatic rings. The molecule has 1 aromatic heterocycles. The lowest BCUT2D eigenvalue weighted by Gasteiger charge is -2.10. The molecule has 0 saturated carbocycles. The first-order chi connectivity index (χ1) is 10.3. The van der Waals surface area contributed by atoms with Crippen molar-refractivity contribution in [1.29, 1.82) is 0 Å². The summed E-state index contributed by atoms with van der Waals surface area (Å²) in [5, 5.41) is 9.32. The number of hydrogen-bond donors (Lipinski definition) is 2. The number of rotatable bonds is 5. The number of thiazole rings is 1. The molecule has 1 fully saturated rings. The van der Waals surface area contributed by atoms with Crippen LogP contribution in [0, 0.1) is 0 Å². The van der Waals surface area contributed by atoms with E-state index in [1.54, 1.807) is 17.5 Å². The van der Waals surface area contributed by atoms with Crippen molar-refractivity contribution in [1.82, 2.24) is 10.3 Å². The topological polar surface area (TPSA) is 54.0 Å². The number of anilines is 1. The highest BCUT2D eigenvalue weighted by molar-refractivity contribution is 7.13. The van der Waals surface area contributed by atoms with E-state index in [0.29, 0.717) is 12.5 Å². The average molecular weight is 301 g/mol. The lowest BCUT2D eigenvalue weighted by atomic mass is 10.1. The van der Waals surface area contributed by atoms with E-state index in [1.165, 1.54) is 12.8 Å². The van der Waals surface area contributed by atoms with Crippen LogP contribution in [0.3, 0.4) is 0 Å². The molecule has 3 rings (SSSR count). The van der Waals surface area contributed by atoms with Gasteiger partial charge in [0.05, 0.1) is 0 Å². The van der Waals surface area contributed by atoms with Gasteiger partial charge in [0.15, 0.2) is 0 Å². The summed E-state index contributed by atoms with van der Waals surface area (Å²) in [7, 11) is 0. The SMILES string of the molecule is O=C(CCC1CCCN1)Nc1cccc(-c2nccs2)c1. The maximum atomic E-state index is 12.0. The number of nitrogens with one attached hydrogen (secondary N) is 2. The van der Waals surface area contributed by atoms with E-state index < -0.39 is 0 Å². The maximum Gasteiger partial charge on any atom is 0.224 e. The molecule has 1 amide bonds. The first-order valence-electron chi connectivity index (χ1n) is 7.34. The van der Waals surface area contributed by atoms with E-state index in [2.05, 4.69) is 15.6 Å². The highest BCUT2D eigenvalue weighted by Crippen LogP contribution is 2.24. The standard InChI is InChI=1S/C16H19N3OS/c20-15(7-6-13-5-2-8-17-13)19-14-4-1-3-12(11-14)16-18-9-10-21-16/h1,3-4,9-11,13,17H,2,5-8H2,(H,19,20). The molecule has 1 saturated heterocycles. The molecule has 0 aliphatic carbocycles. The first kappa shape index (κ1) is 14.2. The summed E-state index contributed by atoms with van der Waals surface area (Å²) < 4.78 is 0. The summed E-state index contributed by atoms with van der Waals surface area (Å²) in [6.07, 6.45) is 5.69. The van der Waals surface area contributed by atoms with Crippen molar-refractivity contribution in [2.45, 2.75) is 31.7 Å². The summed E-state index contributed by atoms with van der Waals surface area (Å²) >= 11 is 1.60. The molecule has 0 bridgehead atoms. The van der Waals surface area contributed by atoms with Gasteiger partial charge in [0.2, 0.25) is 5.91 Å². The number of benzene rings is 1.